The molecular weight excluding hydrogens is 240 g/mol. The molecule has 0 heterocycles. The van der Waals surface area contributed by atoms with Crippen LogP contribution >= 0.6 is 0 Å². The highest BCUT2D eigenvalue weighted by molar-refractivity contribution is 5.89. The molecule has 0 aromatic rings. The molecule has 0 fully saturated rings. The number of carbonyl (C=O) groups excluding carboxylic acids is 2. The zero-order chi connectivity index (χ0) is 14.5. The molecule has 0 radical (unpaired) electrons. The van der Waals surface area contributed by atoms with E-state index in [-0.39, 0.29) is 0 Å². The van der Waals surface area contributed by atoms with Crippen molar-refractivity contribution in [3.8, 4) is 0 Å². The standard InChI is InChI=1S/C11H20N2O5/c1-11(2,3)8(12)9(15)13-6(10(16)17)5-7(14)18-4/h6,8H,5,12H2,1-4H3,(H,13,15)(H,16,17)/t6-,8+/m0/s1. The van der Waals surface area contributed by atoms with Crippen LogP contribution in [0.2, 0.25) is 0 Å². The molecule has 7 heteroatoms. The van der Waals surface area contributed by atoms with Gasteiger partial charge in [-0.2, -0.15) is 0 Å². The van der Waals surface area contributed by atoms with E-state index in [9.17, 15) is 14.4 Å². The van der Waals surface area contributed by atoms with Gasteiger partial charge in [0.1, 0.15) is 6.04 Å². The maximum atomic E-state index is 11.7. The fourth-order valence-electron chi connectivity index (χ4n) is 1.10. The van der Waals surface area contributed by atoms with Crippen molar-refractivity contribution >= 4 is 17.8 Å². The lowest BCUT2D eigenvalue weighted by molar-refractivity contribution is -0.149. The third-order valence-corrected chi connectivity index (χ3v) is 2.43. The Hall–Kier alpha value is -1.63. The SMILES string of the molecule is COC(=O)C[C@H](NC(=O)[C@@H](N)C(C)(C)C)C(=O)O. The molecular formula is C11H20N2O5. The van der Waals surface area contributed by atoms with Crippen LogP contribution in [-0.4, -0.2) is 42.1 Å². The topological polar surface area (TPSA) is 119 Å². The highest BCUT2D eigenvalue weighted by atomic mass is 16.5. The van der Waals surface area contributed by atoms with Gasteiger partial charge in [-0.15, -0.1) is 0 Å². The van der Waals surface area contributed by atoms with E-state index in [2.05, 4.69) is 10.1 Å². The molecule has 4 N–H and O–H groups in total. The minimum atomic E-state index is -1.33. The minimum Gasteiger partial charge on any atom is -0.480 e. The van der Waals surface area contributed by atoms with Gasteiger partial charge in [0.05, 0.1) is 19.6 Å². The summed E-state index contributed by atoms with van der Waals surface area (Å²) in [6.45, 7) is 5.27. The molecule has 0 saturated heterocycles. The van der Waals surface area contributed by atoms with E-state index in [4.69, 9.17) is 10.8 Å². The highest BCUT2D eigenvalue weighted by Gasteiger charge is 2.31. The second-order valence-corrected chi connectivity index (χ2v) is 5.02. The molecule has 0 unspecified atom stereocenters. The third kappa shape index (κ3) is 5.13. The van der Waals surface area contributed by atoms with Gasteiger partial charge < -0.3 is 20.9 Å². The number of rotatable bonds is 5. The molecule has 0 rings (SSSR count). The predicted octanol–water partition coefficient (Wildman–Crippen LogP) is -0.508. The molecule has 0 spiro atoms. The predicted molar refractivity (Wildman–Crippen MR) is 63.6 cm³/mol. The van der Waals surface area contributed by atoms with Crippen molar-refractivity contribution in [3.05, 3.63) is 0 Å². The number of carboxylic acid groups (broad SMARTS) is 1. The average Bonchev–Trinajstić information content (AvgIpc) is 2.25. The van der Waals surface area contributed by atoms with Crippen molar-refractivity contribution in [2.75, 3.05) is 7.11 Å². The Morgan fingerprint density at radius 1 is 1.33 bits per heavy atom. The molecule has 0 bridgehead atoms. The van der Waals surface area contributed by atoms with Gasteiger partial charge in [-0.05, 0) is 5.41 Å². The lowest BCUT2D eigenvalue weighted by Crippen LogP contribution is -2.53. The lowest BCUT2D eigenvalue weighted by atomic mass is 9.87. The van der Waals surface area contributed by atoms with Crippen LogP contribution in [0.15, 0.2) is 0 Å². The molecule has 7 nitrogen and oxygen atoms in total. The molecule has 104 valence electrons. The quantitative estimate of drug-likeness (QED) is 0.573. The molecule has 0 aliphatic rings. The van der Waals surface area contributed by atoms with E-state index in [1.54, 1.807) is 20.8 Å². The maximum absolute atomic E-state index is 11.7. The molecule has 0 aromatic heterocycles. The molecule has 18 heavy (non-hydrogen) atoms. The molecule has 0 aromatic carbocycles. The van der Waals surface area contributed by atoms with Crippen molar-refractivity contribution in [3.63, 3.8) is 0 Å². The summed E-state index contributed by atoms with van der Waals surface area (Å²) < 4.78 is 4.36. The average molecular weight is 260 g/mol. The summed E-state index contributed by atoms with van der Waals surface area (Å²) in [6, 6.07) is -2.20. The van der Waals surface area contributed by atoms with Gasteiger partial charge in [-0.1, -0.05) is 20.8 Å². The number of carboxylic acids is 1. The summed E-state index contributed by atoms with van der Waals surface area (Å²) >= 11 is 0. The molecule has 0 aliphatic carbocycles. The van der Waals surface area contributed by atoms with Gasteiger partial charge >= 0.3 is 11.9 Å². The van der Waals surface area contributed by atoms with E-state index >= 15 is 0 Å². The number of methoxy groups -OCH3 is 1. The summed E-state index contributed by atoms with van der Waals surface area (Å²) in [4.78, 5) is 33.6. The zero-order valence-electron chi connectivity index (χ0n) is 11.0. The van der Waals surface area contributed by atoms with Crippen LogP contribution in [0.25, 0.3) is 0 Å². The zero-order valence-corrected chi connectivity index (χ0v) is 11.0. The van der Waals surface area contributed by atoms with Gasteiger partial charge in [0.15, 0.2) is 0 Å². The first-order valence-corrected chi connectivity index (χ1v) is 5.45. The first-order valence-electron chi connectivity index (χ1n) is 5.45. The van der Waals surface area contributed by atoms with Crippen molar-refractivity contribution in [2.45, 2.75) is 39.3 Å². The van der Waals surface area contributed by atoms with Crippen LogP contribution in [0.5, 0.6) is 0 Å². The third-order valence-electron chi connectivity index (χ3n) is 2.43. The van der Waals surface area contributed by atoms with Crippen LogP contribution in [0.1, 0.15) is 27.2 Å². The summed E-state index contributed by atoms with van der Waals surface area (Å²) in [7, 11) is 1.14. The van der Waals surface area contributed by atoms with Gasteiger partial charge in [-0.3, -0.25) is 9.59 Å². The van der Waals surface area contributed by atoms with E-state index in [0.717, 1.165) is 7.11 Å². The fourth-order valence-corrected chi connectivity index (χ4v) is 1.10. The normalized spacial score (nSPS) is 14.5. The Morgan fingerprint density at radius 2 is 1.83 bits per heavy atom. The number of amides is 1. The van der Waals surface area contributed by atoms with Crippen molar-refractivity contribution < 1.29 is 24.2 Å². The minimum absolute atomic E-state index is 0.436. The lowest BCUT2D eigenvalue weighted by Gasteiger charge is -2.27. The van der Waals surface area contributed by atoms with E-state index in [1.165, 1.54) is 0 Å². The fraction of sp³-hybridized carbons (Fsp3) is 0.727. The van der Waals surface area contributed by atoms with Crippen molar-refractivity contribution in [2.24, 2.45) is 11.1 Å². The van der Waals surface area contributed by atoms with Gasteiger partial charge in [0.25, 0.3) is 0 Å². The first kappa shape index (κ1) is 16.4. The largest absolute Gasteiger partial charge is 0.480 e. The molecule has 1 amide bonds. The van der Waals surface area contributed by atoms with Gasteiger partial charge in [0, 0.05) is 0 Å². The second-order valence-electron chi connectivity index (χ2n) is 5.02. The molecule has 2 atom stereocenters. The highest BCUT2D eigenvalue weighted by Crippen LogP contribution is 2.17. The number of hydrogen-bond donors (Lipinski definition) is 3. The molecule has 0 saturated carbocycles. The monoisotopic (exact) mass is 260 g/mol. The number of aliphatic carboxylic acids is 1. The number of hydrogen-bond acceptors (Lipinski definition) is 5. The van der Waals surface area contributed by atoms with Crippen molar-refractivity contribution in [1.29, 1.82) is 0 Å². The number of nitrogens with two attached hydrogens (primary N) is 1. The van der Waals surface area contributed by atoms with Gasteiger partial charge in [0.2, 0.25) is 5.91 Å². The maximum Gasteiger partial charge on any atom is 0.326 e. The van der Waals surface area contributed by atoms with Crippen LogP contribution in [-0.2, 0) is 19.1 Å². The number of nitrogens with one attached hydrogen (secondary N) is 1. The van der Waals surface area contributed by atoms with E-state index in [1.807, 2.05) is 0 Å². The van der Waals surface area contributed by atoms with Crippen LogP contribution in [0.3, 0.4) is 0 Å². The Balaban J connectivity index is 4.65. The smallest absolute Gasteiger partial charge is 0.326 e. The summed E-state index contributed by atoms with van der Waals surface area (Å²) in [5.74, 6) is -2.64. The van der Waals surface area contributed by atoms with E-state index in [0.29, 0.717) is 0 Å². The Labute approximate surface area is 106 Å². The number of carbonyl (C=O) groups is 3. The Kier molecular flexibility index (Phi) is 5.77. The van der Waals surface area contributed by atoms with Crippen LogP contribution < -0.4 is 11.1 Å². The summed E-state index contributed by atoms with van der Waals surface area (Å²) in [6.07, 6.45) is -0.436. The van der Waals surface area contributed by atoms with E-state index < -0.39 is 41.8 Å². The number of esters is 1. The Bertz CT molecular complexity index is 335. The second kappa shape index (κ2) is 6.34. The van der Waals surface area contributed by atoms with Gasteiger partial charge in [-0.25, -0.2) is 4.79 Å². The molecule has 0 aliphatic heterocycles. The summed E-state index contributed by atoms with van der Waals surface area (Å²) in [5, 5.41) is 11.1. The first-order chi connectivity index (χ1) is 8.09. The van der Waals surface area contributed by atoms with Crippen LogP contribution in [0.4, 0.5) is 0 Å². The number of ether oxygens (including phenoxy) is 1. The van der Waals surface area contributed by atoms with Crippen molar-refractivity contribution in [1.82, 2.24) is 5.32 Å². The Morgan fingerprint density at radius 3 is 2.17 bits per heavy atom. The summed E-state index contributed by atoms with van der Waals surface area (Å²) in [5.41, 5.74) is 5.18. The van der Waals surface area contributed by atoms with Crippen LogP contribution in [0, 0.1) is 5.41 Å².